The second-order valence-electron chi connectivity index (χ2n) is 20.1. The van der Waals surface area contributed by atoms with Crippen LogP contribution in [0.3, 0.4) is 0 Å². The maximum atomic E-state index is 13.1. The van der Waals surface area contributed by atoms with Crippen LogP contribution in [0.15, 0.2) is 146 Å². The van der Waals surface area contributed by atoms with Gasteiger partial charge in [-0.15, -0.1) is 26.3 Å². The predicted octanol–water partition coefficient (Wildman–Crippen LogP) is 12.3. The first-order chi connectivity index (χ1) is 37.3. The van der Waals surface area contributed by atoms with Crippen molar-refractivity contribution in [1.82, 2.24) is 9.80 Å². The van der Waals surface area contributed by atoms with Crippen LogP contribution in [0.25, 0.3) is 22.3 Å². The van der Waals surface area contributed by atoms with E-state index in [9.17, 15) is 45.5 Å². The third-order valence-corrected chi connectivity index (χ3v) is 14.5. The number of halogens is 6. The molecule has 6 aromatic rings. The van der Waals surface area contributed by atoms with Gasteiger partial charge in [-0.25, -0.2) is 0 Å². The molecule has 19 heteroatoms. The Morgan fingerprint density at radius 3 is 1.24 bits per heavy atom. The van der Waals surface area contributed by atoms with Crippen molar-refractivity contribution in [3.63, 3.8) is 0 Å². The summed E-state index contributed by atoms with van der Waals surface area (Å²) < 4.78 is 92.5. The maximum Gasteiger partial charge on any atom is 0.573 e. The number of nitrogens with zero attached hydrogens (tertiary/aromatic N) is 2. The molecule has 4 N–H and O–H groups in total. The number of hydrogen-bond donors (Lipinski definition) is 4. The number of likely N-dealkylation sites (tertiary alicyclic amines) is 2. The molecule has 4 bridgehead atoms. The third kappa shape index (κ3) is 14.4. The van der Waals surface area contributed by atoms with E-state index in [0.29, 0.717) is 36.1 Å². The number of piperidine rings is 1. The average molecular weight is 1080 g/mol. The van der Waals surface area contributed by atoms with Crippen LogP contribution >= 0.6 is 0 Å². The van der Waals surface area contributed by atoms with E-state index in [2.05, 4.69) is 35.6 Å². The first kappa shape index (κ1) is 55.0. The molecule has 4 fully saturated rings. The Labute approximate surface area is 447 Å². The summed E-state index contributed by atoms with van der Waals surface area (Å²) in [6.07, 6.45) is -4.46. The Kier molecular flexibility index (Phi) is 16.8. The molecule has 4 amide bonds. The van der Waals surface area contributed by atoms with E-state index in [1.807, 2.05) is 89.8 Å². The summed E-state index contributed by atoms with van der Waals surface area (Å²) in [7, 11) is 0. The van der Waals surface area contributed by atoms with Gasteiger partial charge in [0.2, 0.25) is 11.8 Å². The standard InChI is InChI=1S/C30H30F3N3O3.C29H28F3N3O4/c1-19(36-17-20-7-8-21(15-20)18-36)28(37)35-26-16-25(13-14-27(26)39-30(31,32)33)34-29(38)24-11-9-23(10-12-24)22-5-3-2-4-6-22;1-18(35-16-23-12-13-24(17-35)38-23)27(36)34-25-15-22(11-14-26(25)39-29(30,31)32)33-28(37)21-9-7-20(8-10-21)19-5-3-2-4-6-19/h2-6,9-14,16,19-21H,7-8,15,17-18H2,1H3,(H,34,38)(H,35,37);2-11,14-15,18,23-24H,12-13,16-17H2,1H3,(H,33,37)(H,34,36)/t19-,20?,21?;18-,23?,24?/m01/s1. The fourth-order valence-electron chi connectivity index (χ4n) is 10.5. The van der Waals surface area contributed by atoms with Gasteiger partial charge >= 0.3 is 12.7 Å². The van der Waals surface area contributed by atoms with Gasteiger partial charge in [0.15, 0.2) is 11.5 Å². The number of hydrogen-bond acceptors (Lipinski definition) is 9. The van der Waals surface area contributed by atoms with Gasteiger partial charge in [0.05, 0.1) is 35.7 Å². The molecule has 6 atom stereocenters. The smallest absolute Gasteiger partial charge is 0.404 e. The van der Waals surface area contributed by atoms with Crippen LogP contribution in [0.4, 0.5) is 49.1 Å². The number of carbonyl (C=O) groups is 4. The number of alkyl halides is 6. The molecule has 408 valence electrons. The Morgan fingerprint density at radius 2 is 0.859 bits per heavy atom. The van der Waals surface area contributed by atoms with E-state index in [-0.39, 0.29) is 35.0 Å². The number of nitrogens with one attached hydrogen (secondary N) is 4. The van der Waals surface area contributed by atoms with Crippen molar-refractivity contribution in [2.75, 3.05) is 47.4 Å². The zero-order valence-corrected chi connectivity index (χ0v) is 42.7. The number of benzene rings is 6. The van der Waals surface area contributed by atoms with Crippen molar-refractivity contribution >= 4 is 46.4 Å². The van der Waals surface area contributed by atoms with Crippen LogP contribution in [0.5, 0.6) is 11.5 Å². The van der Waals surface area contributed by atoms with Crippen molar-refractivity contribution in [2.45, 2.75) is 83.0 Å². The van der Waals surface area contributed by atoms with E-state index in [1.165, 1.54) is 30.7 Å². The normalized spacial score (nSPS) is 19.8. The van der Waals surface area contributed by atoms with Crippen LogP contribution in [-0.4, -0.2) is 96.6 Å². The molecule has 3 aliphatic heterocycles. The van der Waals surface area contributed by atoms with Crippen molar-refractivity contribution < 1.29 is 59.7 Å². The minimum atomic E-state index is -4.96. The Balaban J connectivity index is 0.000000190. The van der Waals surface area contributed by atoms with Gasteiger partial charge in [0.1, 0.15) is 0 Å². The highest BCUT2D eigenvalue weighted by Gasteiger charge is 2.39. The number of anilines is 4. The van der Waals surface area contributed by atoms with E-state index in [0.717, 1.165) is 73.2 Å². The van der Waals surface area contributed by atoms with Gasteiger partial charge in [-0.1, -0.05) is 84.9 Å². The zero-order chi connectivity index (χ0) is 55.1. The van der Waals surface area contributed by atoms with E-state index in [4.69, 9.17) is 4.74 Å². The maximum absolute atomic E-state index is 13.1. The summed E-state index contributed by atoms with van der Waals surface area (Å²) >= 11 is 0. The highest BCUT2D eigenvalue weighted by molar-refractivity contribution is 6.06. The molecule has 13 nitrogen and oxygen atoms in total. The SMILES string of the molecule is C[C@@H](C(=O)Nc1cc(NC(=O)c2ccc(-c3ccccc3)cc2)ccc1OC(F)(F)F)N1CC2CCC(C2)C1.C[C@H](C(=O)Nc1cc(NC(=O)c2ccc(-c3ccccc3)cc2)ccc1OC(F)(F)F)N1CC2CCC(C1)O2. The van der Waals surface area contributed by atoms with Gasteiger partial charge in [-0.05, 0) is 141 Å². The summed E-state index contributed by atoms with van der Waals surface area (Å²) in [5.74, 6) is -1.80. The lowest BCUT2D eigenvalue weighted by Crippen LogP contribution is -2.51. The number of rotatable bonds is 14. The summed E-state index contributed by atoms with van der Waals surface area (Å²) in [6.45, 7) is 6.23. The van der Waals surface area contributed by atoms with Crippen LogP contribution in [0.2, 0.25) is 0 Å². The average Bonchev–Trinajstić information content (AvgIpc) is 3.96. The summed E-state index contributed by atoms with van der Waals surface area (Å²) in [5.41, 5.74) is 4.71. The largest absolute Gasteiger partial charge is 0.573 e. The van der Waals surface area contributed by atoms with Crippen molar-refractivity contribution in [3.05, 3.63) is 157 Å². The summed E-state index contributed by atoms with van der Waals surface area (Å²) in [4.78, 5) is 55.9. The lowest BCUT2D eigenvalue weighted by Gasteiger charge is -2.35. The molecule has 0 spiro atoms. The second-order valence-corrected chi connectivity index (χ2v) is 20.1. The van der Waals surface area contributed by atoms with E-state index in [1.54, 1.807) is 38.1 Å². The number of ether oxygens (including phenoxy) is 3. The minimum absolute atomic E-state index is 0.0587. The van der Waals surface area contributed by atoms with Crippen molar-refractivity contribution in [3.8, 4) is 33.8 Å². The molecule has 0 radical (unpaired) electrons. The molecule has 3 saturated heterocycles. The molecule has 4 unspecified atom stereocenters. The van der Waals surface area contributed by atoms with Gasteiger partial charge in [0, 0.05) is 48.7 Å². The van der Waals surface area contributed by atoms with Crippen molar-refractivity contribution in [2.24, 2.45) is 11.8 Å². The molecule has 0 aromatic heterocycles. The number of morpholine rings is 1. The van der Waals surface area contributed by atoms with E-state index >= 15 is 0 Å². The van der Waals surface area contributed by atoms with Crippen molar-refractivity contribution in [1.29, 1.82) is 0 Å². The Morgan fingerprint density at radius 1 is 0.487 bits per heavy atom. The molecule has 10 rings (SSSR count). The Bertz CT molecular complexity index is 2840. The molecule has 78 heavy (non-hydrogen) atoms. The lowest BCUT2D eigenvalue weighted by atomic mass is 9.97. The quantitative estimate of drug-likeness (QED) is 0.0782. The summed E-state index contributed by atoms with van der Waals surface area (Å²) in [6, 6.07) is 39.5. The lowest BCUT2D eigenvalue weighted by molar-refractivity contribution is -0.275. The highest BCUT2D eigenvalue weighted by Crippen LogP contribution is 2.39. The second kappa shape index (κ2) is 23.9. The van der Waals surface area contributed by atoms with Crippen LogP contribution in [0, 0.1) is 11.8 Å². The van der Waals surface area contributed by atoms with Crippen LogP contribution in [0.1, 0.15) is 66.7 Å². The molecule has 1 aliphatic carbocycles. The van der Waals surface area contributed by atoms with E-state index < -0.39 is 59.9 Å². The molecule has 4 aliphatic rings. The fourth-order valence-corrected chi connectivity index (χ4v) is 10.5. The topological polar surface area (TPSA) is 151 Å². The Hall–Kier alpha value is -7.74. The summed E-state index contributed by atoms with van der Waals surface area (Å²) in [5, 5.41) is 10.5. The number of carbonyl (C=O) groups excluding carboxylic acids is 4. The number of fused-ring (bicyclic) bond motifs is 4. The van der Waals surface area contributed by atoms with Crippen LogP contribution in [-0.2, 0) is 14.3 Å². The van der Waals surface area contributed by atoms with Gasteiger partial charge in [-0.2, -0.15) is 0 Å². The first-order valence-corrected chi connectivity index (χ1v) is 25.8. The van der Waals surface area contributed by atoms with Gasteiger partial charge < -0.3 is 35.5 Å². The fraction of sp³-hybridized carbons (Fsp3) is 0.322. The highest BCUT2D eigenvalue weighted by atomic mass is 19.4. The predicted molar refractivity (Wildman–Crippen MR) is 284 cm³/mol. The molecule has 6 aromatic carbocycles. The number of amides is 4. The minimum Gasteiger partial charge on any atom is -0.404 e. The third-order valence-electron chi connectivity index (χ3n) is 14.5. The monoisotopic (exact) mass is 1080 g/mol. The first-order valence-electron chi connectivity index (χ1n) is 25.8. The van der Waals surface area contributed by atoms with Gasteiger partial charge in [-0.3, -0.25) is 29.0 Å². The van der Waals surface area contributed by atoms with Crippen LogP contribution < -0.4 is 30.7 Å². The molecular weight excluding hydrogens is 1020 g/mol. The molecule has 1 saturated carbocycles. The molecular formula is C59H58F6N6O7. The zero-order valence-electron chi connectivity index (χ0n) is 42.7. The molecule has 3 heterocycles. The van der Waals surface area contributed by atoms with Gasteiger partial charge in [0.25, 0.3) is 11.8 Å².